The molecule has 7 nitrogen and oxygen atoms in total. The Kier molecular flexibility index (Phi) is 6.26. The van der Waals surface area contributed by atoms with E-state index in [1.807, 2.05) is 42.0 Å². The van der Waals surface area contributed by atoms with Crippen LogP contribution in [0.4, 0.5) is 5.69 Å². The number of hydrogen-bond acceptors (Lipinski definition) is 4. The summed E-state index contributed by atoms with van der Waals surface area (Å²) in [5, 5.41) is 2.80. The van der Waals surface area contributed by atoms with Crippen LogP contribution >= 0.6 is 0 Å². The van der Waals surface area contributed by atoms with E-state index >= 15 is 0 Å². The van der Waals surface area contributed by atoms with Crippen molar-refractivity contribution in [1.82, 2.24) is 14.3 Å². The number of imidazole rings is 1. The molecule has 0 aliphatic rings. The molecule has 0 radical (unpaired) electrons. The number of aromatic nitrogens is 2. The number of rotatable bonds is 7. The summed E-state index contributed by atoms with van der Waals surface area (Å²) >= 11 is 0. The van der Waals surface area contributed by atoms with Crippen LogP contribution in [0.15, 0.2) is 71.9 Å². The molecule has 1 heterocycles. The van der Waals surface area contributed by atoms with Gasteiger partial charge in [0.2, 0.25) is 15.9 Å². The minimum Gasteiger partial charge on any atom is -0.331 e. The smallest absolute Gasteiger partial charge is 0.248 e. The highest BCUT2D eigenvalue weighted by atomic mass is 32.2. The van der Waals surface area contributed by atoms with Crippen LogP contribution in [0.2, 0.25) is 0 Å². The lowest BCUT2D eigenvalue weighted by Gasteiger charge is -2.07. The molecule has 0 spiro atoms. The predicted octanol–water partition coefficient (Wildman–Crippen LogP) is 2.80. The lowest BCUT2D eigenvalue weighted by Crippen LogP contribution is -2.18. The normalized spacial score (nSPS) is 11.7. The molecule has 0 fully saturated rings. The summed E-state index contributed by atoms with van der Waals surface area (Å²) < 4.78 is 27.7. The molecular weight excluding hydrogens is 388 g/mol. The molecule has 1 aromatic heterocycles. The van der Waals surface area contributed by atoms with E-state index in [2.05, 4.69) is 15.0 Å². The first-order valence-electron chi connectivity index (χ1n) is 8.97. The van der Waals surface area contributed by atoms with Gasteiger partial charge < -0.3 is 9.88 Å². The number of carbonyl (C=O) groups is 1. The van der Waals surface area contributed by atoms with Crippen LogP contribution in [0.1, 0.15) is 17.0 Å². The summed E-state index contributed by atoms with van der Waals surface area (Å²) in [5.74, 6) is 0.680. The zero-order valence-corrected chi connectivity index (χ0v) is 17.0. The van der Waals surface area contributed by atoms with E-state index in [-0.39, 0.29) is 10.8 Å². The third-order valence-electron chi connectivity index (χ3n) is 4.38. The topological polar surface area (TPSA) is 93.1 Å². The average molecular weight is 410 g/mol. The van der Waals surface area contributed by atoms with E-state index in [1.54, 1.807) is 24.4 Å². The van der Waals surface area contributed by atoms with Crippen molar-refractivity contribution >= 4 is 27.7 Å². The molecule has 0 saturated carbocycles. The first kappa shape index (κ1) is 20.5. The number of anilines is 1. The number of nitrogens with zero attached hydrogens (tertiary/aromatic N) is 2. The van der Waals surface area contributed by atoms with Crippen LogP contribution in [0.3, 0.4) is 0 Å². The Hall–Kier alpha value is -3.23. The monoisotopic (exact) mass is 410 g/mol. The lowest BCUT2D eigenvalue weighted by atomic mass is 10.2. The minimum absolute atomic E-state index is 0.174. The van der Waals surface area contributed by atoms with Crippen LogP contribution in [0.25, 0.3) is 6.08 Å². The van der Waals surface area contributed by atoms with E-state index in [1.165, 1.54) is 25.3 Å². The second kappa shape index (κ2) is 8.85. The summed E-state index contributed by atoms with van der Waals surface area (Å²) in [6, 6.07) is 13.9. The maximum absolute atomic E-state index is 12.1. The predicted molar refractivity (Wildman–Crippen MR) is 113 cm³/mol. The van der Waals surface area contributed by atoms with E-state index in [0.29, 0.717) is 5.69 Å². The maximum atomic E-state index is 12.1. The van der Waals surface area contributed by atoms with E-state index in [0.717, 1.165) is 23.5 Å². The largest absolute Gasteiger partial charge is 0.331 e. The third kappa shape index (κ3) is 5.40. The van der Waals surface area contributed by atoms with Gasteiger partial charge in [-0.3, -0.25) is 4.79 Å². The Morgan fingerprint density at radius 1 is 1.10 bits per heavy atom. The number of benzene rings is 2. The fourth-order valence-electron chi connectivity index (χ4n) is 2.69. The van der Waals surface area contributed by atoms with Crippen molar-refractivity contribution < 1.29 is 13.2 Å². The Balaban J connectivity index is 1.58. The first-order valence-corrected chi connectivity index (χ1v) is 10.4. The Bertz CT molecular complexity index is 1120. The second-order valence-corrected chi connectivity index (χ2v) is 8.28. The van der Waals surface area contributed by atoms with Crippen molar-refractivity contribution in [2.24, 2.45) is 0 Å². The standard InChI is InChI=1S/C21H22N4O3S/c1-16-23-13-14-25(16)15-18-3-8-19(9-4-18)24-21(26)12-7-17-5-10-20(11-6-17)29(27,28)22-2/h3-14,22H,15H2,1-2H3,(H,24,26)/b12-7+. The van der Waals surface area contributed by atoms with Crippen molar-refractivity contribution in [3.05, 3.63) is 84.0 Å². The number of carbonyl (C=O) groups excluding carboxylic acids is 1. The average Bonchev–Trinajstić information content (AvgIpc) is 3.12. The number of nitrogens with one attached hydrogen (secondary N) is 2. The molecule has 2 N–H and O–H groups in total. The van der Waals surface area contributed by atoms with Gasteiger partial charge in [-0.1, -0.05) is 24.3 Å². The Labute approximate surface area is 170 Å². The quantitative estimate of drug-likeness (QED) is 0.586. The highest BCUT2D eigenvalue weighted by molar-refractivity contribution is 7.89. The lowest BCUT2D eigenvalue weighted by molar-refractivity contribution is -0.111. The van der Waals surface area contributed by atoms with E-state index < -0.39 is 10.0 Å². The van der Waals surface area contributed by atoms with Gasteiger partial charge in [-0.2, -0.15) is 0 Å². The number of aryl methyl sites for hydroxylation is 1. The van der Waals surface area contributed by atoms with Gasteiger partial charge in [0.05, 0.1) is 4.90 Å². The zero-order valence-electron chi connectivity index (χ0n) is 16.2. The maximum Gasteiger partial charge on any atom is 0.248 e. The highest BCUT2D eigenvalue weighted by Crippen LogP contribution is 2.13. The van der Waals surface area contributed by atoms with Crippen LogP contribution in [-0.4, -0.2) is 30.9 Å². The molecule has 29 heavy (non-hydrogen) atoms. The van der Waals surface area contributed by atoms with Crippen molar-refractivity contribution in [1.29, 1.82) is 0 Å². The molecule has 3 rings (SSSR count). The SMILES string of the molecule is CNS(=O)(=O)c1ccc(/C=C/C(=O)Nc2ccc(Cn3ccnc3C)cc2)cc1. The Morgan fingerprint density at radius 3 is 2.38 bits per heavy atom. The molecule has 1 amide bonds. The van der Waals surface area contributed by atoms with E-state index in [4.69, 9.17) is 0 Å². The Morgan fingerprint density at radius 2 is 1.79 bits per heavy atom. The zero-order chi connectivity index (χ0) is 20.9. The third-order valence-corrected chi connectivity index (χ3v) is 5.81. The molecule has 0 atom stereocenters. The molecule has 8 heteroatoms. The number of sulfonamides is 1. The summed E-state index contributed by atoms with van der Waals surface area (Å²) in [6.07, 6.45) is 6.73. The number of amides is 1. The van der Waals surface area contributed by atoms with Crippen LogP contribution < -0.4 is 10.0 Å². The fourth-order valence-corrected chi connectivity index (χ4v) is 3.42. The van der Waals surface area contributed by atoms with Gasteiger partial charge in [0.25, 0.3) is 0 Å². The van der Waals surface area contributed by atoms with Gasteiger partial charge in [-0.15, -0.1) is 0 Å². The van der Waals surface area contributed by atoms with Crippen LogP contribution in [-0.2, 0) is 21.4 Å². The van der Waals surface area contributed by atoms with Crippen LogP contribution in [0, 0.1) is 6.92 Å². The molecule has 0 aliphatic carbocycles. The molecule has 0 saturated heterocycles. The number of hydrogen-bond donors (Lipinski definition) is 2. The molecule has 150 valence electrons. The van der Waals surface area contributed by atoms with Crippen LogP contribution in [0.5, 0.6) is 0 Å². The van der Waals surface area contributed by atoms with E-state index in [9.17, 15) is 13.2 Å². The van der Waals surface area contributed by atoms with Crippen molar-refractivity contribution in [2.75, 3.05) is 12.4 Å². The summed E-state index contributed by atoms with van der Waals surface area (Å²) in [6.45, 7) is 2.67. The summed E-state index contributed by atoms with van der Waals surface area (Å²) in [7, 11) is -2.11. The molecule has 0 unspecified atom stereocenters. The van der Waals surface area contributed by atoms with Gasteiger partial charge in [-0.25, -0.2) is 18.1 Å². The fraction of sp³-hybridized carbons (Fsp3) is 0.143. The molecule has 2 aromatic carbocycles. The van der Waals surface area contributed by atoms with Gasteiger partial charge in [0.15, 0.2) is 0 Å². The second-order valence-electron chi connectivity index (χ2n) is 6.40. The van der Waals surface area contributed by atoms with Crippen molar-refractivity contribution in [3.8, 4) is 0 Å². The van der Waals surface area contributed by atoms with Gasteiger partial charge >= 0.3 is 0 Å². The minimum atomic E-state index is -3.47. The van der Waals surface area contributed by atoms with Gasteiger partial charge in [0.1, 0.15) is 5.82 Å². The summed E-state index contributed by atoms with van der Waals surface area (Å²) in [5.41, 5.74) is 2.53. The van der Waals surface area contributed by atoms with Crippen molar-refractivity contribution in [2.45, 2.75) is 18.4 Å². The highest BCUT2D eigenvalue weighted by Gasteiger charge is 2.09. The summed E-state index contributed by atoms with van der Waals surface area (Å²) in [4.78, 5) is 16.5. The van der Waals surface area contributed by atoms with Gasteiger partial charge in [0, 0.05) is 30.7 Å². The molecule has 3 aromatic rings. The van der Waals surface area contributed by atoms with Gasteiger partial charge in [-0.05, 0) is 55.4 Å². The molecule has 0 aliphatic heterocycles. The molecule has 0 bridgehead atoms. The first-order chi connectivity index (χ1) is 13.9. The van der Waals surface area contributed by atoms with Crippen molar-refractivity contribution in [3.63, 3.8) is 0 Å². The molecular formula is C21H22N4O3S.